The normalized spacial score (nSPS) is 17.9. The molecule has 0 atom stereocenters. The van der Waals surface area contributed by atoms with Crippen LogP contribution in [0.3, 0.4) is 0 Å². The summed E-state index contributed by atoms with van der Waals surface area (Å²) >= 11 is 0. The van der Waals surface area contributed by atoms with Crippen LogP contribution in [0.25, 0.3) is 11.1 Å². The Hall–Kier alpha value is -2.67. The van der Waals surface area contributed by atoms with Crippen molar-refractivity contribution in [3.8, 4) is 11.1 Å². The van der Waals surface area contributed by atoms with E-state index in [2.05, 4.69) is 85.5 Å². The van der Waals surface area contributed by atoms with Crippen LogP contribution in [0, 0.1) is 5.92 Å². The largest absolute Gasteiger partial charge is 0.251 e. The van der Waals surface area contributed by atoms with E-state index >= 15 is 0 Å². The molecule has 1 aliphatic rings. The molecule has 1 saturated carbocycles. The number of unbranched alkanes of at least 4 members (excludes halogenated alkanes) is 1. The third-order valence-corrected chi connectivity index (χ3v) is 7.86. The lowest BCUT2D eigenvalue weighted by molar-refractivity contribution is 0.305. The van der Waals surface area contributed by atoms with Gasteiger partial charge in [0.25, 0.3) is 0 Å². The predicted molar refractivity (Wildman–Crippen MR) is 149 cm³/mol. The van der Waals surface area contributed by atoms with Crippen molar-refractivity contribution in [3.63, 3.8) is 0 Å². The number of rotatable bonds is 12. The van der Waals surface area contributed by atoms with Crippen LogP contribution >= 0.6 is 0 Å². The molecule has 3 aromatic carbocycles. The number of aryl methyl sites for hydroxylation is 3. The van der Waals surface area contributed by atoms with E-state index in [1.807, 2.05) is 0 Å². The molecule has 1 heteroatoms. The van der Waals surface area contributed by atoms with Crippen LogP contribution in [-0.4, -0.2) is 6.67 Å². The molecule has 4 rings (SSSR count). The molecule has 3 aromatic rings. The minimum atomic E-state index is -0.245. The summed E-state index contributed by atoms with van der Waals surface area (Å²) in [4.78, 5) is 0. The Balaban J connectivity index is 1.24. The minimum Gasteiger partial charge on any atom is -0.251 e. The summed E-state index contributed by atoms with van der Waals surface area (Å²) in [5, 5.41) is 0. The van der Waals surface area contributed by atoms with Crippen LogP contribution in [0.5, 0.6) is 0 Å². The fourth-order valence-corrected chi connectivity index (χ4v) is 5.58. The van der Waals surface area contributed by atoms with Gasteiger partial charge in [-0.05, 0) is 109 Å². The third kappa shape index (κ3) is 7.66. The van der Waals surface area contributed by atoms with E-state index in [1.54, 1.807) is 5.56 Å². The van der Waals surface area contributed by atoms with E-state index in [0.29, 0.717) is 6.42 Å². The molecule has 0 bridgehead atoms. The summed E-state index contributed by atoms with van der Waals surface area (Å²) in [6.45, 7) is 3.60. The van der Waals surface area contributed by atoms with E-state index in [9.17, 15) is 4.39 Å². The van der Waals surface area contributed by atoms with Gasteiger partial charge >= 0.3 is 0 Å². The Morgan fingerprint density at radius 1 is 0.657 bits per heavy atom. The van der Waals surface area contributed by atoms with Crippen LogP contribution in [-0.2, 0) is 19.3 Å². The molecular weight excluding hydrogens is 427 g/mol. The van der Waals surface area contributed by atoms with Gasteiger partial charge in [-0.2, -0.15) is 0 Å². The van der Waals surface area contributed by atoms with E-state index in [1.165, 1.54) is 72.8 Å². The Labute approximate surface area is 212 Å². The molecule has 0 unspecified atom stereocenters. The minimum absolute atomic E-state index is 0.245. The maximum Gasteiger partial charge on any atom is 0.0897 e. The topological polar surface area (TPSA) is 0 Å². The second-order valence-corrected chi connectivity index (χ2v) is 10.4. The van der Waals surface area contributed by atoms with Crippen LogP contribution in [0.1, 0.15) is 79.5 Å². The standard InChI is InChI=1S/C34H41F/c1-2-3-4-6-27-10-18-31(19-11-27)33-22-14-29(15-23-33)8-9-30-16-24-34(25-17-30)32-20-12-28(13-21-32)7-5-26-35/h2,12-17,20-25,27,31H,1,3-11,18-19,26H2/t27-,31-. The number of hydrogen-bond acceptors (Lipinski definition) is 0. The van der Waals surface area contributed by atoms with Gasteiger partial charge in [-0.25, -0.2) is 0 Å². The summed E-state index contributed by atoms with van der Waals surface area (Å²) in [6.07, 6.45) is 15.0. The zero-order valence-electron chi connectivity index (χ0n) is 21.2. The van der Waals surface area contributed by atoms with E-state index in [0.717, 1.165) is 31.1 Å². The van der Waals surface area contributed by atoms with Crippen LogP contribution in [0.4, 0.5) is 4.39 Å². The maximum absolute atomic E-state index is 12.4. The highest BCUT2D eigenvalue weighted by atomic mass is 19.1. The first-order valence-corrected chi connectivity index (χ1v) is 13.7. The molecule has 0 heterocycles. The van der Waals surface area contributed by atoms with Gasteiger partial charge in [0.05, 0.1) is 6.67 Å². The molecule has 1 fully saturated rings. The van der Waals surface area contributed by atoms with E-state index in [-0.39, 0.29) is 6.67 Å². The average molecular weight is 469 g/mol. The first kappa shape index (κ1) is 25.4. The fraction of sp³-hybridized carbons (Fsp3) is 0.412. The van der Waals surface area contributed by atoms with Crippen molar-refractivity contribution in [1.82, 2.24) is 0 Å². The summed E-state index contributed by atoms with van der Waals surface area (Å²) in [5.41, 5.74) is 8.03. The number of hydrogen-bond donors (Lipinski definition) is 0. The van der Waals surface area contributed by atoms with Crippen molar-refractivity contribution < 1.29 is 4.39 Å². The van der Waals surface area contributed by atoms with Crippen LogP contribution < -0.4 is 0 Å². The molecule has 0 N–H and O–H groups in total. The Bertz CT molecular complexity index is 1010. The van der Waals surface area contributed by atoms with Crippen molar-refractivity contribution in [2.45, 2.75) is 76.5 Å². The molecule has 1 aliphatic carbocycles. The molecule has 0 nitrogen and oxygen atoms in total. The second kappa shape index (κ2) is 13.4. The summed E-state index contributed by atoms with van der Waals surface area (Å²) in [6, 6.07) is 27.0. The summed E-state index contributed by atoms with van der Waals surface area (Å²) < 4.78 is 12.4. The first-order chi connectivity index (χ1) is 17.2. The summed E-state index contributed by atoms with van der Waals surface area (Å²) in [5.74, 6) is 1.69. The lowest BCUT2D eigenvalue weighted by Crippen LogP contribution is -2.13. The van der Waals surface area contributed by atoms with Crippen molar-refractivity contribution in [1.29, 1.82) is 0 Å². The zero-order valence-corrected chi connectivity index (χ0v) is 21.2. The van der Waals surface area contributed by atoms with Gasteiger partial charge in [-0.3, -0.25) is 4.39 Å². The Kier molecular flexibility index (Phi) is 9.75. The Morgan fingerprint density at radius 3 is 1.69 bits per heavy atom. The van der Waals surface area contributed by atoms with Gasteiger partial charge in [0, 0.05) is 0 Å². The quantitative estimate of drug-likeness (QED) is 0.183. The van der Waals surface area contributed by atoms with Gasteiger partial charge < -0.3 is 0 Å². The molecule has 0 aliphatic heterocycles. The average Bonchev–Trinajstić information content (AvgIpc) is 2.92. The molecular formula is C34H41F. The van der Waals surface area contributed by atoms with Gasteiger partial charge in [0.2, 0.25) is 0 Å². The van der Waals surface area contributed by atoms with Crippen molar-refractivity contribution >= 4 is 0 Å². The lowest BCUT2D eigenvalue weighted by atomic mass is 9.77. The third-order valence-electron chi connectivity index (χ3n) is 7.86. The van der Waals surface area contributed by atoms with Gasteiger partial charge in [0.1, 0.15) is 0 Å². The molecule has 0 amide bonds. The first-order valence-electron chi connectivity index (χ1n) is 13.7. The van der Waals surface area contributed by atoms with Gasteiger partial charge in [0.15, 0.2) is 0 Å². The number of alkyl halides is 1. The van der Waals surface area contributed by atoms with Crippen molar-refractivity contribution in [2.75, 3.05) is 6.67 Å². The molecule has 184 valence electrons. The number of allylic oxidation sites excluding steroid dienone is 1. The highest BCUT2D eigenvalue weighted by Gasteiger charge is 2.21. The number of benzene rings is 3. The molecule has 0 aromatic heterocycles. The predicted octanol–water partition coefficient (Wildman–Crippen LogP) is 9.67. The molecule has 0 spiro atoms. The van der Waals surface area contributed by atoms with E-state index < -0.39 is 0 Å². The SMILES string of the molecule is C=CCCC[C@H]1CC[C@H](c2ccc(CCc3ccc(-c4ccc(CCCF)cc4)cc3)cc2)CC1. The highest BCUT2D eigenvalue weighted by molar-refractivity contribution is 5.64. The molecule has 35 heavy (non-hydrogen) atoms. The molecule has 0 saturated heterocycles. The van der Waals surface area contributed by atoms with Crippen molar-refractivity contribution in [3.05, 3.63) is 108 Å². The van der Waals surface area contributed by atoms with Gasteiger partial charge in [-0.1, -0.05) is 85.3 Å². The Morgan fingerprint density at radius 2 is 1.17 bits per heavy atom. The van der Waals surface area contributed by atoms with Crippen LogP contribution in [0.2, 0.25) is 0 Å². The maximum atomic E-state index is 12.4. The summed E-state index contributed by atoms with van der Waals surface area (Å²) in [7, 11) is 0. The second-order valence-electron chi connectivity index (χ2n) is 10.4. The van der Waals surface area contributed by atoms with Crippen LogP contribution in [0.15, 0.2) is 85.5 Å². The zero-order chi connectivity index (χ0) is 24.3. The fourth-order valence-electron chi connectivity index (χ4n) is 5.58. The van der Waals surface area contributed by atoms with Crippen molar-refractivity contribution in [2.24, 2.45) is 5.92 Å². The lowest BCUT2D eigenvalue weighted by Gasteiger charge is -2.29. The smallest absolute Gasteiger partial charge is 0.0897 e. The van der Waals surface area contributed by atoms with Gasteiger partial charge in [-0.15, -0.1) is 6.58 Å². The monoisotopic (exact) mass is 468 g/mol. The molecule has 0 radical (unpaired) electrons. The van der Waals surface area contributed by atoms with E-state index in [4.69, 9.17) is 0 Å². The number of halogens is 1. The highest BCUT2D eigenvalue weighted by Crippen LogP contribution is 2.37.